The Bertz CT molecular complexity index is 818. The number of aliphatic carboxylic acids is 1. The molecule has 0 heterocycles. The average molecular weight is 278 g/mol. The van der Waals surface area contributed by atoms with Crippen molar-refractivity contribution < 1.29 is 9.90 Å². The number of carbonyl (C=O) groups is 1. The van der Waals surface area contributed by atoms with E-state index >= 15 is 0 Å². The zero-order valence-corrected chi connectivity index (χ0v) is 12.1. The lowest BCUT2D eigenvalue weighted by Gasteiger charge is -2.11. The molecule has 0 saturated carbocycles. The molecule has 0 spiro atoms. The number of fused-ring (bicyclic) bond motifs is 3. The molecular weight excluding hydrogens is 260 g/mol. The second-order valence-electron chi connectivity index (χ2n) is 5.50. The molecule has 0 aliphatic rings. The molecule has 21 heavy (non-hydrogen) atoms. The van der Waals surface area contributed by atoms with Gasteiger partial charge in [-0.2, -0.15) is 0 Å². The summed E-state index contributed by atoms with van der Waals surface area (Å²) in [4.78, 5) is 10.7. The first kappa shape index (κ1) is 13.6. The lowest BCUT2D eigenvalue weighted by molar-refractivity contribution is -0.137. The van der Waals surface area contributed by atoms with Crippen molar-refractivity contribution in [3.8, 4) is 0 Å². The molecule has 2 nitrogen and oxygen atoms in total. The van der Waals surface area contributed by atoms with Gasteiger partial charge in [0.05, 0.1) is 0 Å². The van der Waals surface area contributed by atoms with E-state index in [1.807, 2.05) is 0 Å². The van der Waals surface area contributed by atoms with Crippen molar-refractivity contribution in [2.45, 2.75) is 26.2 Å². The van der Waals surface area contributed by atoms with Crippen LogP contribution in [0, 0.1) is 6.92 Å². The average Bonchev–Trinajstić information content (AvgIpc) is 2.48. The van der Waals surface area contributed by atoms with Crippen LogP contribution in [-0.2, 0) is 11.2 Å². The van der Waals surface area contributed by atoms with Crippen LogP contribution in [0.25, 0.3) is 21.5 Å². The van der Waals surface area contributed by atoms with E-state index in [1.54, 1.807) is 0 Å². The number of rotatable bonds is 4. The van der Waals surface area contributed by atoms with Crippen LogP contribution in [0.15, 0.2) is 48.5 Å². The van der Waals surface area contributed by atoms with Gasteiger partial charge in [-0.3, -0.25) is 4.79 Å². The monoisotopic (exact) mass is 278 g/mol. The first-order valence-electron chi connectivity index (χ1n) is 7.28. The van der Waals surface area contributed by atoms with Gasteiger partial charge in [0, 0.05) is 6.42 Å². The van der Waals surface area contributed by atoms with Crippen LogP contribution in [0.2, 0.25) is 0 Å². The van der Waals surface area contributed by atoms with Crippen LogP contribution in [0.3, 0.4) is 0 Å². The highest BCUT2D eigenvalue weighted by Gasteiger charge is 2.08. The van der Waals surface area contributed by atoms with Crippen LogP contribution < -0.4 is 0 Å². The number of carboxylic acid groups (broad SMARTS) is 1. The Morgan fingerprint density at radius 2 is 1.81 bits per heavy atom. The molecule has 2 heteroatoms. The maximum absolute atomic E-state index is 10.7. The fourth-order valence-electron chi connectivity index (χ4n) is 3.01. The summed E-state index contributed by atoms with van der Waals surface area (Å²) in [6, 6.07) is 17.0. The molecule has 3 aromatic carbocycles. The van der Waals surface area contributed by atoms with E-state index < -0.39 is 5.97 Å². The number of carboxylic acids is 1. The van der Waals surface area contributed by atoms with Gasteiger partial charge < -0.3 is 5.11 Å². The van der Waals surface area contributed by atoms with E-state index in [0.29, 0.717) is 6.42 Å². The zero-order chi connectivity index (χ0) is 14.8. The lowest BCUT2D eigenvalue weighted by Crippen LogP contribution is -1.97. The minimum atomic E-state index is -0.725. The molecule has 3 rings (SSSR count). The summed E-state index contributed by atoms with van der Waals surface area (Å²) in [7, 11) is 0. The molecule has 3 aromatic rings. The van der Waals surface area contributed by atoms with Crippen molar-refractivity contribution >= 4 is 27.5 Å². The SMILES string of the molecule is Cc1ccc(CCCC(=O)O)c2ccc3ccccc3c12. The Hall–Kier alpha value is -2.35. The van der Waals surface area contributed by atoms with Crippen LogP contribution >= 0.6 is 0 Å². The van der Waals surface area contributed by atoms with Gasteiger partial charge in [0.2, 0.25) is 0 Å². The third-order valence-corrected chi connectivity index (χ3v) is 4.04. The fraction of sp³-hybridized carbons (Fsp3) is 0.211. The molecular formula is C19H18O2. The molecule has 0 aromatic heterocycles. The van der Waals surface area contributed by atoms with Gasteiger partial charge in [-0.05, 0) is 52.4 Å². The van der Waals surface area contributed by atoms with Crippen molar-refractivity contribution in [1.29, 1.82) is 0 Å². The summed E-state index contributed by atoms with van der Waals surface area (Å²) in [5.41, 5.74) is 2.51. The van der Waals surface area contributed by atoms with E-state index in [4.69, 9.17) is 5.11 Å². The van der Waals surface area contributed by atoms with Crippen molar-refractivity contribution in [2.75, 3.05) is 0 Å². The maximum Gasteiger partial charge on any atom is 0.303 e. The van der Waals surface area contributed by atoms with E-state index in [9.17, 15) is 4.79 Å². The van der Waals surface area contributed by atoms with E-state index in [2.05, 4.69) is 55.5 Å². The Balaban J connectivity index is 2.13. The molecule has 0 aliphatic carbocycles. The summed E-state index contributed by atoms with van der Waals surface area (Å²) >= 11 is 0. The predicted octanol–water partition coefficient (Wildman–Crippen LogP) is 4.71. The minimum absolute atomic E-state index is 0.225. The summed E-state index contributed by atoms with van der Waals surface area (Å²) in [5.74, 6) is -0.725. The van der Waals surface area contributed by atoms with Gasteiger partial charge in [0.1, 0.15) is 0 Å². The van der Waals surface area contributed by atoms with Crippen LogP contribution in [0.1, 0.15) is 24.0 Å². The molecule has 0 fully saturated rings. The van der Waals surface area contributed by atoms with Gasteiger partial charge in [-0.1, -0.05) is 48.5 Å². The van der Waals surface area contributed by atoms with Gasteiger partial charge >= 0.3 is 5.97 Å². The van der Waals surface area contributed by atoms with Crippen molar-refractivity contribution in [2.24, 2.45) is 0 Å². The summed E-state index contributed by atoms with van der Waals surface area (Å²) < 4.78 is 0. The molecule has 0 aliphatic heterocycles. The van der Waals surface area contributed by atoms with Crippen LogP contribution in [-0.4, -0.2) is 11.1 Å². The third-order valence-electron chi connectivity index (χ3n) is 4.04. The van der Waals surface area contributed by atoms with E-state index in [0.717, 1.165) is 6.42 Å². The van der Waals surface area contributed by atoms with E-state index in [-0.39, 0.29) is 6.42 Å². The largest absolute Gasteiger partial charge is 0.481 e. The van der Waals surface area contributed by atoms with Gasteiger partial charge in [-0.25, -0.2) is 0 Å². The number of hydrogen-bond donors (Lipinski definition) is 1. The summed E-state index contributed by atoms with van der Waals surface area (Å²) in [6.07, 6.45) is 1.71. The topological polar surface area (TPSA) is 37.3 Å². The second kappa shape index (κ2) is 5.57. The Kier molecular flexibility index (Phi) is 3.61. The highest BCUT2D eigenvalue weighted by Crippen LogP contribution is 2.31. The molecule has 0 amide bonds. The number of hydrogen-bond acceptors (Lipinski definition) is 1. The molecule has 1 N–H and O–H groups in total. The van der Waals surface area contributed by atoms with Gasteiger partial charge in [0.25, 0.3) is 0 Å². The Morgan fingerprint density at radius 3 is 2.62 bits per heavy atom. The molecule has 0 saturated heterocycles. The zero-order valence-electron chi connectivity index (χ0n) is 12.1. The van der Waals surface area contributed by atoms with E-state index in [1.165, 1.54) is 32.7 Å². The standard InChI is InChI=1S/C19H18O2/c1-13-9-10-15(6-4-8-18(20)21)17-12-11-14-5-2-3-7-16(14)19(13)17/h2-3,5,7,9-12H,4,6,8H2,1H3,(H,20,21). The maximum atomic E-state index is 10.7. The first-order chi connectivity index (χ1) is 10.2. The van der Waals surface area contributed by atoms with Crippen LogP contribution in [0.5, 0.6) is 0 Å². The normalized spacial score (nSPS) is 11.1. The Morgan fingerprint density at radius 1 is 1.00 bits per heavy atom. The van der Waals surface area contributed by atoms with Gasteiger partial charge in [0.15, 0.2) is 0 Å². The fourth-order valence-corrected chi connectivity index (χ4v) is 3.01. The van der Waals surface area contributed by atoms with Gasteiger partial charge in [-0.15, -0.1) is 0 Å². The summed E-state index contributed by atoms with van der Waals surface area (Å²) in [6.45, 7) is 2.13. The van der Waals surface area contributed by atoms with Crippen molar-refractivity contribution in [1.82, 2.24) is 0 Å². The minimum Gasteiger partial charge on any atom is -0.481 e. The highest BCUT2D eigenvalue weighted by molar-refractivity contribution is 6.10. The van der Waals surface area contributed by atoms with Crippen molar-refractivity contribution in [3.63, 3.8) is 0 Å². The third kappa shape index (κ3) is 2.62. The summed E-state index contributed by atoms with van der Waals surface area (Å²) in [5, 5.41) is 13.8. The predicted molar refractivity (Wildman–Crippen MR) is 86.8 cm³/mol. The number of aryl methyl sites for hydroxylation is 2. The van der Waals surface area contributed by atoms with Crippen LogP contribution in [0.4, 0.5) is 0 Å². The Labute approximate surface area is 124 Å². The smallest absolute Gasteiger partial charge is 0.303 e. The van der Waals surface area contributed by atoms with Crippen molar-refractivity contribution in [3.05, 3.63) is 59.7 Å². The molecule has 106 valence electrons. The quantitative estimate of drug-likeness (QED) is 0.702. The molecule has 0 radical (unpaired) electrons. The molecule has 0 atom stereocenters. The first-order valence-corrected chi connectivity index (χ1v) is 7.28. The molecule has 0 bridgehead atoms. The highest BCUT2D eigenvalue weighted by atomic mass is 16.4. The second-order valence-corrected chi connectivity index (χ2v) is 5.50. The molecule has 0 unspecified atom stereocenters. The number of benzene rings is 3. The lowest BCUT2D eigenvalue weighted by atomic mass is 9.93.